The van der Waals surface area contributed by atoms with Crippen LogP contribution in [0.25, 0.3) is 10.9 Å². The van der Waals surface area contributed by atoms with E-state index in [4.69, 9.17) is 0 Å². The molecule has 6 nitrogen and oxygen atoms in total. The van der Waals surface area contributed by atoms with E-state index in [1.165, 1.54) is 12.1 Å². The van der Waals surface area contributed by atoms with Crippen molar-refractivity contribution in [2.45, 2.75) is 32.1 Å². The van der Waals surface area contributed by atoms with Gasteiger partial charge in [-0.25, -0.2) is 4.39 Å². The van der Waals surface area contributed by atoms with Crippen molar-refractivity contribution < 1.29 is 14.0 Å². The van der Waals surface area contributed by atoms with Gasteiger partial charge in [-0.3, -0.25) is 14.4 Å². The minimum Gasteiger partial charge on any atom is -0.326 e. The third-order valence-electron chi connectivity index (χ3n) is 5.30. The predicted octanol–water partition coefficient (Wildman–Crippen LogP) is 3.47. The number of hydrogen-bond donors (Lipinski definition) is 3. The first-order valence-electron chi connectivity index (χ1n) is 9.31. The molecule has 1 aliphatic rings. The van der Waals surface area contributed by atoms with E-state index in [0.717, 1.165) is 11.3 Å². The Balaban J connectivity index is 1.46. The van der Waals surface area contributed by atoms with Gasteiger partial charge in [-0.1, -0.05) is 0 Å². The summed E-state index contributed by atoms with van der Waals surface area (Å²) in [7, 11) is 0. The average Bonchev–Trinajstić information content (AvgIpc) is 2.89. The molecule has 0 atom stereocenters. The van der Waals surface area contributed by atoms with Crippen LogP contribution in [0.2, 0.25) is 0 Å². The van der Waals surface area contributed by atoms with Gasteiger partial charge in [0.15, 0.2) is 0 Å². The monoisotopic (exact) mass is 393 g/mol. The SMILES string of the molecule is CC1(C)C(=O)Nc2ccc(NC(=O)CCc3cc4ccc(F)cc4[nH]c3=O)cc21. The second-order valence-corrected chi connectivity index (χ2v) is 7.74. The molecule has 29 heavy (non-hydrogen) atoms. The number of amides is 2. The molecule has 1 aromatic heterocycles. The summed E-state index contributed by atoms with van der Waals surface area (Å²) >= 11 is 0. The largest absolute Gasteiger partial charge is 0.326 e. The summed E-state index contributed by atoms with van der Waals surface area (Å²) in [5, 5.41) is 6.35. The van der Waals surface area contributed by atoms with E-state index in [2.05, 4.69) is 15.6 Å². The minimum absolute atomic E-state index is 0.0774. The van der Waals surface area contributed by atoms with Crippen LogP contribution in [-0.2, 0) is 21.4 Å². The van der Waals surface area contributed by atoms with Crippen molar-refractivity contribution in [3.8, 4) is 0 Å². The first kappa shape index (κ1) is 18.9. The van der Waals surface area contributed by atoms with Crippen molar-refractivity contribution in [2.75, 3.05) is 10.6 Å². The first-order valence-corrected chi connectivity index (χ1v) is 9.31. The zero-order valence-electron chi connectivity index (χ0n) is 16.1. The molecule has 0 fully saturated rings. The lowest BCUT2D eigenvalue weighted by molar-refractivity contribution is -0.119. The normalized spacial score (nSPS) is 14.5. The molecule has 0 saturated heterocycles. The molecule has 1 aliphatic heterocycles. The number of halogens is 1. The standard InChI is InChI=1S/C22H20FN3O3/c1-22(2)16-11-15(6-7-17(16)26-21(22)29)24-19(27)8-4-13-9-12-3-5-14(23)10-18(12)25-20(13)28/h3,5-7,9-11H,4,8H2,1-2H3,(H,24,27)(H,25,28)(H,26,29). The molecule has 3 N–H and O–H groups in total. The van der Waals surface area contributed by atoms with Crippen LogP contribution in [0.15, 0.2) is 47.3 Å². The average molecular weight is 393 g/mol. The van der Waals surface area contributed by atoms with E-state index >= 15 is 0 Å². The van der Waals surface area contributed by atoms with Gasteiger partial charge >= 0.3 is 0 Å². The maximum absolute atomic E-state index is 13.3. The van der Waals surface area contributed by atoms with Crippen LogP contribution in [0.5, 0.6) is 0 Å². The zero-order valence-corrected chi connectivity index (χ0v) is 16.1. The van der Waals surface area contributed by atoms with Crippen molar-refractivity contribution in [3.63, 3.8) is 0 Å². The number of carbonyl (C=O) groups excluding carboxylic acids is 2. The summed E-state index contributed by atoms with van der Waals surface area (Å²) in [5.74, 6) is -0.736. The molecular formula is C22H20FN3O3. The summed E-state index contributed by atoms with van der Waals surface area (Å²) in [4.78, 5) is 39.3. The first-order chi connectivity index (χ1) is 13.7. The number of nitrogens with one attached hydrogen (secondary N) is 3. The highest BCUT2D eigenvalue weighted by Gasteiger charge is 2.38. The molecule has 0 spiro atoms. The molecule has 0 saturated carbocycles. The fraction of sp³-hybridized carbons (Fsp3) is 0.227. The van der Waals surface area contributed by atoms with Crippen molar-refractivity contribution >= 4 is 34.1 Å². The highest BCUT2D eigenvalue weighted by atomic mass is 19.1. The molecule has 4 rings (SSSR count). The minimum atomic E-state index is -0.659. The van der Waals surface area contributed by atoms with Crippen molar-refractivity contribution in [1.29, 1.82) is 0 Å². The maximum Gasteiger partial charge on any atom is 0.251 e. The van der Waals surface area contributed by atoms with E-state index in [9.17, 15) is 18.8 Å². The summed E-state index contributed by atoms with van der Waals surface area (Å²) < 4.78 is 13.3. The van der Waals surface area contributed by atoms with E-state index in [1.807, 2.05) is 13.8 Å². The molecule has 2 aromatic carbocycles. The Hall–Kier alpha value is -3.48. The van der Waals surface area contributed by atoms with E-state index in [1.54, 1.807) is 30.3 Å². The second kappa shape index (κ2) is 6.84. The van der Waals surface area contributed by atoms with Gasteiger partial charge in [0.05, 0.1) is 10.9 Å². The number of anilines is 2. The number of rotatable bonds is 4. The van der Waals surface area contributed by atoms with Gasteiger partial charge in [0.25, 0.3) is 5.56 Å². The van der Waals surface area contributed by atoms with Crippen molar-refractivity contribution in [1.82, 2.24) is 4.98 Å². The van der Waals surface area contributed by atoms with Crippen LogP contribution in [0.4, 0.5) is 15.8 Å². The van der Waals surface area contributed by atoms with Gasteiger partial charge in [-0.2, -0.15) is 0 Å². The Morgan fingerprint density at radius 2 is 1.90 bits per heavy atom. The number of benzene rings is 2. The molecule has 148 valence electrons. The van der Waals surface area contributed by atoms with Gasteiger partial charge in [0.2, 0.25) is 11.8 Å². The van der Waals surface area contributed by atoms with Crippen LogP contribution < -0.4 is 16.2 Å². The molecule has 3 aromatic rings. The molecule has 2 amide bonds. The lowest BCUT2D eigenvalue weighted by Crippen LogP contribution is -2.27. The molecule has 0 aliphatic carbocycles. The summed E-state index contributed by atoms with van der Waals surface area (Å²) in [6, 6.07) is 11.2. The van der Waals surface area contributed by atoms with E-state index in [0.29, 0.717) is 22.2 Å². The topological polar surface area (TPSA) is 91.1 Å². The summed E-state index contributed by atoms with van der Waals surface area (Å²) in [6.07, 6.45) is 0.373. The van der Waals surface area contributed by atoms with Crippen LogP contribution in [0.1, 0.15) is 31.4 Å². The van der Waals surface area contributed by atoms with Crippen LogP contribution in [0.3, 0.4) is 0 Å². The van der Waals surface area contributed by atoms with Crippen LogP contribution >= 0.6 is 0 Å². The van der Waals surface area contributed by atoms with Gasteiger partial charge in [0.1, 0.15) is 5.82 Å². The van der Waals surface area contributed by atoms with E-state index < -0.39 is 11.2 Å². The van der Waals surface area contributed by atoms with Gasteiger partial charge in [-0.05, 0) is 73.7 Å². The smallest absolute Gasteiger partial charge is 0.251 e. The fourth-order valence-electron chi connectivity index (χ4n) is 3.52. The fourth-order valence-corrected chi connectivity index (χ4v) is 3.52. The number of carbonyl (C=O) groups is 2. The number of fused-ring (bicyclic) bond motifs is 2. The molecule has 0 radical (unpaired) electrons. The van der Waals surface area contributed by atoms with Gasteiger partial charge in [-0.15, -0.1) is 0 Å². The number of aromatic nitrogens is 1. The quantitative estimate of drug-likeness (QED) is 0.634. The summed E-state index contributed by atoms with van der Waals surface area (Å²) in [6.45, 7) is 3.66. The van der Waals surface area contributed by atoms with Gasteiger partial charge in [0, 0.05) is 23.4 Å². The molecule has 7 heteroatoms. The Morgan fingerprint density at radius 3 is 2.69 bits per heavy atom. The van der Waals surface area contributed by atoms with Crippen molar-refractivity contribution in [2.24, 2.45) is 0 Å². The Morgan fingerprint density at radius 1 is 1.10 bits per heavy atom. The third kappa shape index (κ3) is 3.51. The highest BCUT2D eigenvalue weighted by Crippen LogP contribution is 2.38. The number of H-pyrrole nitrogens is 1. The molecule has 0 unspecified atom stereocenters. The Labute approximate surface area is 166 Å². The predicted molar refractivity (Wildman–Crippen MR) is 110 cm³/mol. The lowest BCUT2D eigenvalue weighted by atomic mass is 9.86. The maximum atomic E-state index is 13.3. The van der Waals surface area contributed by atoms with Crippen LogP contribution in [0, 0.1) is 5.82 Å². The van der Waals surface area contributed by atoms with Gasteiger partial charge < -0.3 is 15.6 Å². The number of pyridine rings is 1. The molecular weight excluding hydrogens is 373 g/mol. The number of hydrogen-bond acceptors (Lipinski definition) is 3. The van der Waals surface area contributed by atoms with E-state index in [-0.39, 0.29) is 30.2 Å². The summed E-state index contributed by atoms with van der Waals surface area (Å²) in [5.41, 5.74) is 2.07. The molecule has 2 heterocycles. The van der Waals surface area contributed by atoms with Crippen molar-refractivity contribution in [3.05, 3.63) is 69.8 Å². The Bertz CT molecular complexity index is 1210. The number of aryl methyl sites for hydroxylation is 1. The number of aromatic amines is 1. The third-order valence-corrected chi connectivity index (χ3v) is 5.30. The molecule has 0 bridgehead atoms. The van der Waals surface area contributed by atoms with Crippen LogP contribution in [-0.4, -0.2) is 16.8 Å². The Kier molecular flexibility index (Phi) is 4.45. The highest BCUT2D eigenvalue weighted by molar-refractivity contribution is 6.06. The lowest BCUT2D eigenvalue weighted by Gasteiger charge is -2.16. The second-order valence-electron chi connectivity index (χ2n) is 7.74. The zero-order chi connectivity index (χ0) is 20.8.